The number of pyridine rings is 1. The predicted octanol–water partition coefficient (Wildman–Crippen LogP) is 2.86. The van der Waals surface area contributed by atoms with Crippen molar-refractivity contribution in [3.05, 3.63) is 61.6 Å². The standard InChI is InChI=1S/C23H26N4O5/c1-11-10-32-20-12(11)6-8-23(2,3)21(20)26-15-14(18(29)19(15)30)25-13-7-9-24-16(17(13)28)22(31)27(4)5/h7,9-10,21,26,28H,6,8H2,1-5H3,(H,24,25)/t21-/m0/s1. The number of hydrogen-bond acceptors (Lipinski definition) is 8. The van der Waals surface area contributed by atoms with Crippen molar-refractivity contribution in [2.45, 2.75) is 39.7 Å². The van der Waals surface area contributed by atoms with Gasteiger partial charge >= 0.3 is 0 Å². The molecule has 0 saturated carbocycles. The Morgan fingerprint density at radius 1 is 1.25 bits per heavy atom. The van der Waals surface area contributed by atoms with Gasteiger partial charge in [-0.15, -0.1) is 0 Å². The third kappa shape index (κ3) is 3.34. The Morgan fingerprint density at radius 3 is 2.62 bits per heavy atom. The predicted molar refractivity (Wildman–Crippen MR) is 120 cm³/mol. The van der Waals surface area contributed by atoms with Gasteiger partial charge in [-0.3, -0.25) is 14.4 Å². The van der Waals surface area contributed by atoms with E-state index in [1.165, 1.54) is 17.2 Å². The van der Waals surface area contributed by atoms with E-state index in [0.29, 0.717) is 0 Å². The average Bonchev–Trinajstić information content (AvgIpc) is 3.12. The summed E-state index contributed by atoms with van der Waals surface area (Å²) in [7, 11) is 3.08. The van der Waals surface area contributed by atoms with E-state index in [-0.39, 0.29) is 34.2 Å². The molecule has 32 heavy (non-hydrogen) atoms. The van der Waals surface area contributed by atoms with Crippen molar-refractivity contribution >= 4 is 23.0 Å². The Kier molecular flexibility index (Phi) is 5.07. The molecule has 1 atom stereocenters. The number of rotatable bonds is 5. The summed E-state index contributed by atoms with van der Waals surface area (Å²) in [6.45, 7) is 6.15. The molecule has 0 unspecified atom stereocenters. The number of hydrogen-bond donors (Lipinski definition) is 3. The van der Waals surface area contributed by atoms with E-state index in [4.69, 9.17) is 4.42 Å². The Morgan fingerprint density at radius 2 is 1.94 bits per heavy atom. The molecule has 1 aliphatic carbocycles. The minimum Gasteiger partial charge on any atom is -0.504 e. The quantitative estimate of drug-likeness (QED) is 0.520. The molecular formula is C23H26N4O5. The minimum atomic E-state index is -0.700. The summed E-state index contributed by atoms with van der Waals surface area (Å²) in [6.07, 6.45) is 4.82. The molecule has 4 rings (SSSR count). The Bertz CT molecular complexity index is 1280. The number of anilines is 3. The SMILES string of the molecule is Cc1coc2c1CCC(C)(C)[C@H]2Nc1c(Nc2ccnc(C(=O)N(C)C)c2O)c(=O)c1=O. The number of carbonyl (C=O) groups is 1. The van der Waals surface area contributed by atoms with E-state index in [2.05, 4.69) is 29.5 Å². The normalized spacial score (nSPS) is 17.1. The van der Waals surface area contributed by atoms with E-state index < -0.39 is 22.5 Å². The van der Waals surface area contributed by atoms with Crippen LogP contribution in [0.5, 0.6) is 5.75 Å². The molecule has 0 aliphatic heterocycles. The lowest BCUT2D eigenvalue weighted by molar-refractivity contribution is 0.0819. The summed E-state index contributed by atoms with van der Waals surface area (Å²) in [4.78, 5) is 42.2. The van der Waals surface area contributed by atoms with E-state index in [0.717, 1.165) is 29.7 Å². The zero-order chi connectivity index (χ0) is 23.4. The fourth-order valence-corrected chi connectivity index (χ4v) is 4.11. The van der Waals surface area contributed by atoms with Crippen molar-refractivity contribution in [3.63, 3.8) is 0 Å². The van der Waals surface area contributed by atoms with E-state index in [1.807, 2.05) is 6.92 Å². The fourth-order valence-electron chi connectivity index (χ4n) is 4.11. The molecule has 9 nitrogen and oxygen atoms in total. The Hall–Kier alpha value is -3.62. The molecule has 1 aromatic carbocycles. The third-order valence-electron chi connectivity index (χ3n) is 6.19. The van der Waals surface area contributed by atoms with Crippen LogP contribution in [0.25, 0.3) is 0 Å². The molecule has 2 heterocycles. The van der Waals surface area contributed by atoms with Crippen LogP contribution in [-0.4, -0.2) is 35.0 Å². The first-order chi connectivity index (χ1) is 15.0. The number of nitrogens with one attached hydrogen (secondary N) is 2. The number of carbonyl (C=O) groups excluding carboxylic acids is 1. The maximum Gasteiger partial charge on any atom is 0.275 e. The molecule has 0 fully saturated rings. The van der Waals surface area contributed by atoms with Gasteiger partial charge in [0.15, 0.2) is 11.4 Å². The topological polar surface area (TPSA) is 125 Å². The molecule has 1 amide bonds. The first-order valence-electron chi connectivity index (χ1n) is 10.4. The number of nitrogens with zero attached hydrogens (tertiary/aromatic N) is 2. The van der Waals surface area contributed by atoms with Crippen molar-refractivity contribution in [1.82, 2.24) is 9.88 Å². The lowest BCUT2D eigenvalue weighted by atomic mass is 9.72. The van der Waals surface area contributed by atoms with Crippen LogP contribution in [0.3, 0.4) is 0 Å². The first-order valence-corrected chi connectivity index (χ1v) is 10.4. The van der Waals surface area contributed by atoms with Gasteiger partial charge in [0.2, 0.25) is 0 Å². The second-order valence-electron chi connectivity index (χ2n) is 9.12. The number of aromatic hydroxyl groups is 1. The van der Waals surface area contributed by atoms with Gasteiger partial charge < -0.3 is 25.1 Å². The summed E-state index contributed by atoms with van der Waals surface area (Å²) >= 11 is 0. The average molecular weight is 438 g/mol. The molecule has 0 spiro atoms. The zero-order valence-electron chi connectivity index (χ0n) is 18.7. The molecule has 168 valence electrons. The fraction of sp³-hybridized carbons (Fsp3) is 0.391. The number of fused-ring (bicyclic) bond motifs is 1. The maximum absolute atomic E-state index is 12.4. The largest absolute Gasteiger partial charge is 0.504 e. The van der Waals surface area contributed by atoms with Gasteiger partial charge in [-0.2, -0.15) is 0 Å². The molecular weight excluding hydrogens is 412 g/mol. The molecule has 9 heteroatoms. The van der Waals surface area contributed by atoms with Gasteiger partial charge in [0.05, 0.1) is 18.0 Å². The van der Waals surface area contributed by atoms with Gasteiger partial charge in [0, 0.05) is 20.3 Å². The highest BCUT2D eigenvalue weighted by molar-refractivity contribution is 5.97. The highest BCUT2D eigenvalue weighted by atomic mass is 16.3. The Balaban J connectivity index is 1.68. The third-order valence-corrected chi connectivity index (χ3v) is 6.19. The van der Waals surface area contributed by atoms with Crippen molar-refractivity contribution in [3.8, 4) is 5.75 Å². The second kappa shape index (κ2) is 7.51. The van der Waals surface area contributed by atoms with Crippen LogP contribution in [0.15, 0.2) is 32.5 Å². The number of aryl methyl sites for hydroxylation is 1. The van der Waals surface area contributed by atoms with Gasteiger partial charge in [0.25, 0.3) is 16.8 Å². The van der Waals surface area contributed by atoms with Crippen molar-refractivity contribution < 1.29 is 14.3 Å². The number of furan rings is 1. The second-order valence-corrected chi connectivity index (χ2v) is 9.12. The van der Waals surface area contributed by atoms with Crippen molar-refractivity contribution in [2.24, 2.45) is 5.41 Å². The monoisotopic (exact) mass is 438 g/mol. The number of amides is 1. The van der Waals surface area contributed by atoms with Gasteiger partial charge in [0.1, 0.15) is 17.1 Å². The van der Waals surface area contributed by atoms with Crippen LogP contribution in [0.1, 0.15) is 53.7 Å². The molecule has 0 saturated heterocycles. The van der Waals surface area contributed by atoms with Crippen LogP contribution in [0, 0.1) is 12.3 Å². The zero-order valence-corrected chi connectivity index (χ0v) is 18.7. The van der Waals surface area contributed by atoms with Gasteiger partial charge in [-0.1, -0.05) is 13.8 Å². The molecule has 0 radical (unpaired) electrons. The molecule has 3 aromatic rings. The maximum atomic E-state index is 12.4. The number of aromatic nitrogens is 1. The van der Waals surface area contributed by atoms with Crippen LogP contribution in [0.2, 0.25) is 0 Å². The lowest BCUT2D eigenvalue weighted by Crippen LogP contribution is -2.41. The van der Waals surface area contributed by atoms with E-state index in [1.54, 1.807) is 20.4 Å². The smallest absolute Gasteiger partial charge is 0.275 e. The highest BCUT2D eigenvalue weighted by Crippen LogP contribution is 2.47. The van der Waals surface area contributed by atoms with Crippen LogP contribution < -0.4 is 21.5 Å². The minimum absolute atomic E-state index is 0.0333. The summed E-state index contributed by atoms with van der Waals surface area (Å²) in [5, 5.41) is 16.6. The first kappa shape index (κ1) is 21.6. The molecule has 2 aromatic heterocycles. The Labute approximate surface area is 184 Å². The molecule has 3 N–H and O–H groups in total. The highest BCUT2D eigenvalue weighted by Gasteiger charge is 2.41. The van der Waals surface area contributed by atoms with Crippen molar-refractivity contribution in [2.75, 3.05) is 24.7 Å². The summed E-state index contributed by atoms with van der Waals surface area (Å²) in [6, 6.07) is 1.13. The van der Waals surface area contributed by atoms with Crippen LogP contribution in [-0.2, 0) is 6.42 Å². The van der Waals surface area contributed by atoms with Gasteiger partial charge in [-0.25, -0.2) is 4.98 Å². The van der Waals surface area contributed by atoms with Crippen LogP contribution in [0.4, 0.5) is 17.1 Å². The van der Waals surface area contributed by atoms with E-state index >= 15 is 0 Å². The lowest BCUT2D eigenvalue weighted by Gasteiger charge is -2.39. The summed E-state index contributed by atoms with van der Waals surface area (Å²) in [5.41, 5.74) is 0.732. The molecule has 0 bridgehead atoms. The van der Waals surface area contributed by atoms with Crippen molar-refractivity contribution in [1.29, 1.82) is 0 Å². The van der Waals surface area contributed by atoms with Gasteiger partial charge in [-0.05, 0) is 42.4 Å². The van der Waals surface area contributed by atoms with Crippen LogP contribution >= 0.6 is 0 Å². The summed E-state index contributed by atoms with van der Waals surface area (Å²) < 4.78 is 5.81. The molecule has 1 aliphatic rings. The summed E-state index contributed by atoms with van der Waals surface area (Å²) in [5.74, 6) is -0.116. The van der Waals surface area contributed by atoms with E-state index in [9.17, 15) is 19.5 Å².